The summed E-state index contributed by atoms with van der Waals surface area (Å²) in [5.74, 6) is 0.619. The van der Waals surface area contributed by atoms with E-state index in [-0.39, 0.29) is 24.5 Å². The number of carbonyl (C=O) groups is 2. The molecule has 0 spiro atoms. The Morgan fingerprint density at radius 1 is 1.30 bits per heavy atom. The van der Waals surface area contributed by atoms with E-state index in [1.165, 1.54) is 0 Å². The van der Waals surface area contributed by atoms with Crippen molar-refractivity contribution in [3.63, 3.8) is 0 Å². The molecule has 8 nitrogen and oxygen atoms in total. The molecule has 3 rings (SSSR count). The van der Waals surface area contributed by atoms with Crippen LogP contribution in [0.1, 0.15) is 31.4 Å². The van der Waals surface area contributed by atoms with Crippen LogP contribution < -0.4 is 5.32 Å². The highest BCUT2D eigenvalue weighted by molar-refractivity contribution is 5.76. The molecule has 1 fully saturated rings. The molecule has 23 heavy (non-hydrogen) atoms. The molecule has 3 unspecified atom stereocenters. The molecule has 3 atom stereocenters. The Hall–Kier alpha value is -2.12. The van der Waals surface area contributed by atoms with Gasteiger partial charge in [-0.25, -0.2) is 14.5 Å². The third kappa shape index (κ3) is 3.46. The van der Waals surface area contributed by atoms with E-state index in [1.807, 2.05) is 18.5 Å². The van der Waals surface area contributed by atoms with Gasteiger partial charge in [0.1, 0.15) is 11.6 Å². The van der Waals surface area contributed by atoms with Crippen molar-refractivity contribution in [2.45, 2.75) is 45.7 Å². The van der Waals surface area contributed by atoms with Gasteiger partial charge in [0.15, 0.2) is 0 Å². The van der Waals surface area contributed by atoms with Crippen LogP contribution in [-0.4, -0.2) is 55.9 Å². The van der Waals surface area contributed by atoms with Crippen molar-refractivity contribution in [1.29, 1.82) is 0 Å². The van der Waals surface area contributed by atoms with Crippen LogP contribution in [0.2, 0.25) is 0 Å². The van der Waals surface area contributed by atoms with Gasteiger partial charge in [0.25, 0.3) is 0 Å². The van der Waals surface area contributed by atoms with Crippen LogP contribution in [0.5, 0.6) is 0 Å². The smallest absolute Gasteiger partial charge is 0.317 e. The van der Waals surface area contributed by atoms with E-state index in [4.69, 9.17) is 0 Å². The molecule has 2 amide bonds. The maximum Gasteiger partial charge on any atom is 0.317 e. The Kier molecular flexibility index (Phi) is 4.23. The third-order valence-corrected chi connectivity index (χ3v) is 4.59. The number of amides is 2. The maximum absolute atomic E-state index is 12.5. The maximum atomic E-state index is 12.5. The Balaban J connectivity index is 1.60. The van der Waals surface area contributed by atoms with Gasteiger partial charge >= 0.3 is 12.0 Å². The highest BCUT2D eigenvalue weighted by Gasteiger charge is 2.33. The van der Waals surface area contributed by atoms with Crippen molar-refractivity contribution in [1.82, 2.24) is 25.0 Å². The summed E-state index contributed by atoms with van der Waals surface area (Å²) in [5.41, 5.74) is 0. The average Bonchev–Trinajstić information content (AvgIpc) is 2.85. The number of urea groups is 1. The zero-order valence-electron chi connectivity index (χ0n) is 13.5. The molecule has 0 aromatic carbocycles. The van der Waals surface area contributed by atoms with Gasteiger partial charge in [0, 0.05) is 19.5 Å². The van der Waals surface area contributed by atoms with E-state index in [2.05, 4.69) is 15.4 Å². The Morgan fingerprint density at radius 2 is 2.09 bits per heavy atom. The van der Waals surface area contributed by atoms with Gasteiger partial charge in [-0.1, -0.05) is 6.92 Å². The Morgan fingerprint density at radius 3 is 2.83 bits per heavy atom. The van der Waals surface area contributed by atoms with E-state index in [0.717, 1.165) is 24.5 Å². The van der Waals surface area contributed by atoms with Crippen LogP contribution in [-0.2, 0) is 17.8 Å². The normalized spacial score (nSPS) is 27.4. The first-order chi connectivity index (χ1) is 10.9. The number of aliphatic carboxylic acids is 1. The summed E-state index contributed by atoms with van der Waals surface area (Å²) >= 11 is 0. The summed E-state index contributed by atoms with van der Waals surface area (Å²) in [7, 11) is 0. The largest absolute Gasteiger partial charge is 0.481 e. The lowest BCUT2D eigenvalue weighted by molar-refractivity contribution is -0.143. The van der Waals surface area contributed by atoms with Gasteiger partial charge in [0.05, 0.1) is 18.5 Å². The number of carboxylic acids is 1. The number of piperidine rings is 1. The van der Waals surface area contributed by atoms with E-state index < -0.39 is 11.9 Å². The number of hydrogen-bond acceptors (Lipinski definition) is 4. The van der Waals surface area contributed by atoms with Gasteiger partial charge in [0.2, 0.25) is 0 Å². The molecule has 0 saturated carbocycles. The quantitative estimate of drug-likeness (QED) is 0.833. The van der Waals surface area contributed by atoms with Gasteiger partial charge in [-0.3, -0.25) is 4.79 Å². The van der Waals surface area contributed by atoms with Crippen LogP contribution >= 0.6 is 0 Å². The predicted molar refractivity (Wildman–Crippen MR) is 81.9 cm³/mol. The summed E-state index contributed by atoms with van der Waals surface area (Å²) in [4.78, 5) is 29.7. The SMILES string of the molecule is Cc1nc2n(n1)CC(NC(=O)N1CC(C)CC(C(=O)O)C1)CC2. The van der Waals surface area contributed by atoms with Crippen molar-refractivity contribution in [3.05, 3.63) is 11.6 Å². The molecule has 0 radical (unpaired) electrons. The fourth-order valence-corrected chi connectivity index (χ4v) is 3.51. The van der Waals surface area contributed by atoms with E-state index in [9.17, 15) is 14.7 Å². The van der Waals surface area contributed by atoms with Crippen LogP contribution in [0.25, 0.3) is 0 Å². The van der Waals surface area contributed by atoms with E-state index in [0.29, 0.717) is 19.5 Å². The Bertz CT molecular complexity index is 614. The highest BCUT2D eigenvalue weighted by atomic mass is 16.4. The van der Waals surface area contributed by atoms with Crippen molar-refractivity contribution in [2.24, 2.45) is 11.8 Å². The van der Waals surface area contributed by atoms with Crippen LogP contribution in [0.3, 0.4) is 0 Å². The average molecular weight is 321 g/mol. The fourth-order valence-electron chi connectivity index (χ4n) is 3.51. The van der Waals surface area contributed by atoms with Crippen molar-refractivity contribution in [3.8, 4) is 0 Å². The lowest BCUT2D eigenvalue weighted by Gasteiger charge is -2.36. The number of hydrogen-bond donors (Lipinski definition) is 2. The van der Waals surface area contributed by atoms with E-state index >= 15 is 0 Å². The van der Waals surface area contributed by atoms with Crippen molar-refractivity contribution < 1.29 is 14.7 Å². The highest BCUT2D eigenvalue weighted by Crippen LogP contribution is 2.22. The number of carbonyl (C=O) groups excluding carboxylic acids is 1. The fraction of sp³-hybridized carbons (Fsp3) is 0.733. The topological polar surface area (TPSA) is 100 Å². The van der Waals surface area contributed by atoms with Crippen LogP contribution in [0.4, 0.5) is 4.79 Å². The molecule has 8 heteroatoms. The standard InChI is InChI=1S/C15H23N5O3/c1-9-5-11(14(21)22)7-19(6-9)15(23)17-12-3-4-13-16-10(2)18-20(13)8-12/h9,11-12H,3-8H2,1-2H3,(H,17,23)(H,21,22). The predicted octanol–water partition coefficient (Wildman–Crippen LogP) is 0.654. The molecular weight excluding hydrogens is 298 g/mol. The van der Waals surface area contributed by atoms with Gasteiger partial charge in [-0.15, -0.1) is 0 Å². The monoisotopic (exact) mass is 321 g/mol. The molecule has 126 valence electrons. The van der Waals surface area contributed by atoms with Gasteiger partial charge in [-0.2, -0.15) is 5.10 Å². The number of fused-ring (bicyclic) bond motifs is 1. The molecule has 1 saturated heterocycles. The number of nitrogens with one attached hydrogen (secondary N) is 1. The summed E-state index contributed by atoms with van der Waals surface area (Å²) in [6, 6.07) is -0.162. The Labute approximate surface area is 134 Å². The second-order valence-electron chi connectivity index (χ2n) is 6.72. The minimum absolute atomic E-state index is 0.0108. The minimum atomic E-state index is -0.824. The molecule has 2 aliphatic heterocycles. The van der Waals surface area contributed by atoms with Gasteiger partial charge in [-0.05, 0) is 25.7 Å². The summed E-state index contributed by atoms with van der Waals surface area (Å²) in [6.07, 6.45) is 2.25. The van der Waals surface area contributed by atoms with E-state index in [1.54, 1.807) is 4.90 Å². The first-order valence-corrected chi connectivity index (χ1v) is 8.11. The molecular formula is C15H23N5O3. The zero-order valence-corrected chi connectivity index (χ0v) is 13.5. The van der Waals surface area contributed by atoms with Crippen molar-refractivity contribution in [2.75, 3.05) is 13.1 Å². The number of aryl methyl sites for hydroxylation is 2. The number of nitrogens with zero attached hydrogens (tertiary/aromatic N) is 4. The van der Waals surface area contributed by atoms with Crippen LogP contribution in [0.15, 0.2) is 0 Å². The molecule has 2 aliphatic rings. The van der Waals surface area contributed by atoms with Crippen LogP contribution in [0, 0.1) is 18.8 Å². The lowest BCUT2D eigenvalue weighted by Crippen LogP contribution is -2.53. The molecule has 1 aromatic heterocycles. The molecule has 0 bridgehead atoms. The minimum Gasteiger partial charge on any atom is -0.481 e. The second-order valence-corrected chi connectivity index (χ2v) is 6.72. The first kappa shape index (κ1) is 15.8. The van der Waals surface area contributed by atoms with Crippen molar-refractivity contribution >= 4 is 12.0 Å². The molecule has 2 N–H and O–H groups in total. The number of rotatable bonds is 2. The summed E-state index contributed by atoms with van der Waals surface area (Å²) in [6.45, 7) is 5.36. The van der Waals surface area contributed by atoms with Gasteiger partial charge < -0.3 is 15.3 Å². The molecule has 0 aliphatic carbocycles. The number of likely N-dealkylation sites (tertiary alicyclic amines) is 1. The first-order valence-electron chi connectivity index (χ1n) is 8.11. The summed E-state index contributed by atoms with van der Waals surface area (Å²) < 4.78 is 1.85. The zero-order chi connectivity index (χ0) is 16.6. The molecule has 3 heterocycles. The third-order valence-electron chi connectivity index (χ3n) is 4.59. The summed E-state index contributed by atoms with van der Waals surface area (Å²) in [5, 5.41) is 16.6. The molecule has 1 aromatic rings. The number of aromatic nitrogens is 3. The number of carboxylic acid groups (broad SMARTS) is 1. The lowest BCUT2D eigenvalue weighted by atomic mass is 9.91. The second kappa shape index (κ2) is 6.17.